The van der Waals surface area contributed by atoms with E-state index >= 15 is 0 Å². The van der Waals surface area contributed by atoms with E-state index in [0.717, 1.165) is 11.1 Å². The molecule has 1 fully saturated rings. The van der Waals surface area contributed by atoms with E-state index in [0.29, 0.717) is 32.6 Å². The summed E-state index contributed by atoms with van der Waals surface area (Å²) in [4.78, 5) is 29.9. The van der Waals surface area contributed by atoms with Crippen molar-refractivity contribution in [3.8, 4) is 0 Å². The van der Waals surface area contributed by atoms with Gasteiger partial charge in [-0.1, -0.05) is 72.8 Å². The molecule has 0 unspecified atom stereocenters. The maximum absolute atomic E-state index is 14.1. The zero-order chi connectivity index (χ0) is 21.6. The van der Waals surface area contributed by atoms with E-state index in [4.69, 9.17) is 0 Å². The first-order chi connectivity index (χ1) is 15.1. The quantitative estimate of drug-likeness (QED) is 0.635. The summed E-state index contributed by atoms with van der Waals surface area (Å²) in [6, 6.07) is 25.6. The second kappa shape index (κ2) is 9.56. The van der Waals surface area contributed by atoms with E-state index in [1.807, 2.05) is 65.6 Å². The van der Waals surface area contributed by atoms with Gasteiger partial charge in [-0.2, -0.15) is 0 Å². The minimum absolute atomic E-state index is 0.0255. The molecular weight excluding hydrogens is 391 g/mol. The minimum Gasteiger partial charge on any atom is -0.340 e. The number of carbonyl (C=O) groups excluding carboxylic acids is 2. The molecule has 0 aliphatic carbocycles. The van der Waals surface area contributed by atoms with E-state index < -0.39 is 11.7 Å². The lowest BCUT2D eigenvalue weighted by Gasteiger charge is -2.27. The standard InChI is InChI=1S/C26H25FN2O2/c27-23-15-8-7-14-22(23)25(30)28-16-9-17-29(19-18-28)26(31)24(20-10-3-1-4-11-20)21-12-5-2-6-13-21/h1-8,10-15,24H,9,16-19H2. The Morgan fingerprint density at radius 2 is 1.19 bits per heavy atom. The highest BCUT2D eigenvalue weighted by atomic mass is 19.1. The lowest BCUT2D eigenvalue weighted by molar-refractivity contribution is -0.131. The lowest BCUT2D eigenvalue weighted by atomic mass is 9.90. The Hall–Kier alpha value is -3.47. The third-order valence-corrected chi connectivity index (χ3v) is 5.71. The Morgan fingerprint density at radius 1 is 0.677 bits per heavy atom. The number of benzene rings is 3. The molecule has 0 N–H and O–H groups in total. The van der Waals surface area contributed by atoms with Crippen LogP contribution in [0.5, 0.6) is 0 Å². The largest absolute Gasteiger partial charge is 0.340 e. The van der Waals surface area contributed by atoms with Crippen molar-refractivity contribution in [1.29, 1.82) is 0 Å². The first-order valence-corrected chi connectivity index (χ1v) is 10.6. The van der Waals surface area contributed by atoms with Crippen molar-refractivity contribution in [2.24, 2.45) is 0 Å². The first kappa shape index (κ1) is 20.8. The molecule has 2 amide bonds. The molecule has 5 heteroatoms. The second-order valence-corrected chi connectivity index (χ2v) is 7.71. The smallest absolute Gasteiger partial charge is 0.256 e. The molecule has 0 aromatic heterocycles. The number of nitrogens with zero attached hydrogens (tertiary/aromatic N) is 2. The Bertz CT molecular complexity index is 1000. The molecule has 0 spiro atoms. The van der Waals surface area contributed by atoms with Crippen LogP contribution in [0.15, 0.2) is 84.9 Å². The summed E-state index contributed by atoms with van der Waals surface area (Å²) in [5.41, 5.74) is 1.97. The number of amides is 2. The molecule has 0 saturated carbocycles. The van der Waals surface area contributed by atoms with Gasteiger partial charge in [0, 0.05) is 26.2 Å². The van der Waals surface area contributed by atoms with Crippen molar-refractivity contribution in [2.45, 2.75) is 12.3 Å². The first-order valence-electron chi connectivity index (χ1n) is 10.6. The van der Waals surface area contributed by atoms with Crippen molar-refractivity contribution >= 4 is 11.8 Å². The molecule has 158 valence electrons. The van der Waals surface area contributed by atoms with Gasteiger partial charge in [-0.25, -0.2) is 4.39 Å². The number of halogens is 1. The zero-order valence-corrected chi connectivity index (χ0v) is 17.3. The van der Waals surface area contributed by atoms with Crippen molar-refractivity contribution in [3.63, 3.8) is 0 Å². The number of carbonyl (C=O) groups is 2. The predicted molar refractivity (Wildman–Crippen MR) is 118 cm³/mol. The van der Waals surface area contributed by atoms with Gasteiger partial charge in [0.2, 0.25) is 5.91 Å². The van der Waals surface area contributed by atoms with Gasteiger partial charge in [-0.05, 0) is 29.7 Å². The Kier molecular flexibility index (Phi) is 6.41. The maximum Gasteiger partial charge on any atom is 0.256 e. The summed E-state index contributed by atoms with van der Waals surface area (Å²) in [5, 5.41) is 0. The monoisotopic (exact) mass is 416 g/mol. The molecule has 1 heterocycles. The van der Waals surface area contributed by atoms with Gasteiger partial charge in [0.05, 0.1) is 11.5 Å². The van der Waals surface area contributed by atoms with Gasteiger partial charge in [0.15, 0.2) is 0 Å². The van der Waals surface area contributed by atoms with Crippen molar-refractivity contribution in [1.82, 2.24) is 9.80 Å². The molecule has 3 aromatic rings. The molecule has 4 rings (SSSR count). The van der Waals surface area contributed by atoms with Crippen LogP contribution in [0.1, 0.15) is 33.8 Å². The SMILES string of the molecule is O=C(c1ccccc1F)N1CCCN(C(=O)C(c2ccccc2)c2ccccc2)CC1. The topological polar surface area (TPSA) is 40.6 Å². The third kappa shape index (κ3) is 4.66. The summed E-state index contributed by atoms with van der Waals surface area (Å²) in [6.45, 7) is 1.87. The van der Waals surface area contributed by atoms with Crippen LogP contribution < -0.4 is 0 Å². The summed E-state index contributed by atoms with van der Waals surface area (Å²) >= 11 is 0. The van der Waals surface area contributed by atoms with Crippen molar-refractivity contribution < 1.29 is 14.0 Å². The van der Waals surface area contributed by atoms with Crippen LogP contribution in [0.4, 0.5) is 4.39 Å². The fourth-order valence-electron chi connectivity index (χ4n) is 4.10. The highest BCUT2D eigenvalue weighted by Crippen LogP contribution is 2.27. The molecule has 1 saturated heterocycles. The highest BCUT2D eigenvalue weighted by Gasteiger charge is 2.30. The average Bonchev–Trinajstić information content (AvgIpc) is 3.07. The molecule has 4 nitrogen and oxygen atoms in total. The molecule has 1 aliphatic heterocycles. The minimum atomic E-state index is -0.516. The summed E-state index contributed by atoms with van der Waals surface area (Å²) in [7, 11) is 0. The van der Waals surface area contributed by atoms with Crippen LogP contribution >= 0.6 is 0 Å². The maximum atomic E-state index is 14.1. The van der Waals surface area contributed by atoms with E-state index in [1.165, 1.54) is 12.1 Å². The van der Waals surface area contributed by atoms with Crippen molar-refractivity contribution in [2.75, 3.05) is 26.2 Å². The fourth-order valence-corrected chi connectivity index (χ4v) is 4.10. The Balaban J connectivity index is 1.53. The van der Waals surface area contributed by atoms with Crippen LogP contribution in [0.3, 0.4) is 0 Å². The summed E-state index contributed by atoms with van der Waals surface area (Å²) < 4.78 is 14.1. The zero-order valence-electron chi connectivity index (χ0n) is 17.3. The molecule has 3 aromatic carbocycles. The second-order valence-electron chi connectivity index (χ2n) is 7.71. The fraction of sp³-hybridized carbons (Fsp3) is 0.231. The molecule has 1 aliphatic rings. The van der Waals surface area contributed by atoms with Crippen LogP contribution in [0.2, 0.25) is 0 Å². The molecule has 0 bridgehead atoms. The van der Waals surface area contributed by atoms with E-state index in [-0.39, 0.29) is 17.4 Å². The summed E-state index contributed by atoms with van der Waals surface area (Å²) in [6.07, 6.45) is 0.655. The van der Waals surface area contributed by atoms with E-state index in [2.05, 4.69) is 0 Å². The van der Waals surface area contributed by atoms with Gasteiger partial charge in [-0.3, -0.25) is 9.59 Å². The van der Waals surface area contributed by atoms with Crippen LogP contribution in [0, 0.1) is 5.82 Å². The van der Waals surface area contributed by atoms with Gasteiger partial charge < -0.3 is 9.80 Å². The van der Waals surface area contributed by atoms with E-state index in [9.17, 15) is 14.0 Å². The predicted octanol–water partition coefficient (Wildman–Crippen LogP) is 4.33. The van der Waals surface area contributed by atoms with Crippen LogP contribution in [-0.2, 0) is 4.79 Å². The summed E-state index contributed by atoms with van der Waals surface area (Å²) in [5.74, 6) is -1.21. The third-order valence-electron chi connectivity index (χ3n) is 5.71. The van der Waals surface area contributed by atoms with Gasteiger partial charge >= 0.3 is 0 Å². The molecule has 31 heavy (non-hydrogen) atoms. The van der Waals surface area contributed by atoms with Gasteiger partial charge in [0.1, 0.15) is 5.82 Å². The number of hydrogen-bond donors (Lipinski definition) is 0. The van der Waals surface area contributed by atoms with E-state index in [1.54, 1.807) is 17.0 Å². The highest BCUT2D eigenvalue weighted by molar-refractivity contribution is 5.94. The molecule has 0 radical (unpaired) electrons. The van der Waals surface area contributed by atoms with Gasteiger partial charge in [0.25, 0.3) is 5.91 Å². The average molecular weight is 416 g/mol. The normalized spacial score (nSPS) is 14.4. The van der Waals surface area contributed by atoms with Gasteiger partial charge in [-0.15, -0.1) is 0 Å². The van der Waals surface area contributed by atoms with Crippen LogP contribution in [0.25, 0.3) is 0 Å². The molecular formula is C26H25FN2O2. The van der Waals surface area contributed by atoms with Crippen molar-refractivity contribution in [3.05, 3.63) is 107 Å². The number of hydrogen-bond acceptors (Lipinski definition) is 2. The lowest BCUT2D eigenvalue weighted by Crippen LogP contribution is -2.39. The number of rotatable bonds is 4. The Labute approximate surface area is 181 Å². The van der Waals surface area contributed by atoms with Crippen LogP contribution in [-0.4, -0.2) is 47.8 Å². The molecule has 0 atom stereocenters. The Morgan fingerprint density at radius 3 is 1.81 bits per heavy atom.